The summed E-state index contributed by atoms with van der Waals surface area (Å²) in [5.74, 6) is 0.842. The first-order valence-electron chi connectivity index (χ1n) is 10.7. The van der Waals surface area contributed by atoms with Gasteiger partial charge in [-0.3, -0.25) is 14.4 Å². The van der Waals surface area contributed by atoms with E-state index in [-0.39, 0.29) is 42.8 Å². The van der Waals surface area contributed by atoms with Crippen molar-refractivity contribution in [3.63, 3.8) is 0 Å². The standard InChI is InChI=1S/C24H22N4O5/c29-22(25-14-16-5-7-20-21(13-16)33-15-32-20)10-12-28-23(30)8-6-18(26-28)24(31)27-11-9-17-3-1-2-4-19(17)27/h1-8,13H,9-12,14-15H2,(H,25,29). The Balaban J connectivity index is 1.20. The molecular weight excluding hydrogens is 424 g/mol. The number of aromatic nitrogens is 2. The van der Waals surface area contributed by atoms with Crippen LogP contribution in [0.5, 0.6) is 11.5 Å². The SMILES string of the molecule is O=C(CCn1nc(C(=O)N2CCc3ccccc32)ccc1=O)NCc1ccc2c(c1)OCO2. The number of para-hydroxylation sites is 1. The summed E-state index contributed by atoms with van der Waals surface area (Å²) in [7, 11) is 0. The van der Waals surface area contributed by atoms with Crippen LogP contribution < -0.4 is 25.2 Å². The van der Waals surface area contributed by atoms with Crippen LogP contribution in [0.2, 0.25) is 0 Å². The lowest BCUT2D eigenvalue weighted by Gasteiger charge is -2.17. The lowest BCUT2D eigenvalue weighted by atomic mass is 10.2. The van der Waals surface area contributed by atoms with E-state index in [1.807, 2.05) is 36.4 Å². The number of anilines is 1. The van der Waals surface area contributed by atoms with Crippen LogP contribution in [-0.2, 0) is 24.3 Å². The Morgan fingerprint density at radius 1 is 1.03 bits per heavy atom. The number of amides is 2. The maximum Gasteiger partial charge on any atom is 0.278 e. The van der Waals surface area contributed by atoms with Gasteiger partial charge < -0.3 is 19.7 Å². The number of nitrogens with one attached hydrogen (secondary N) is 1. The van der Waals surface area contributed by atoms with Crippen LogP contribution in [0.25, 0.3) is 0 Å². The Morgan fingerprint density at radius 2 is 1.88 bits per heavy atom. The monoisotopic (exact) mass is 446 g/mol. The highest BCUT2D eigenvalue weighted by molar-refractivity contribution is 6.05. The molecule has 1 aromatic heterocycles. The first-order valence-corrected chi connectivity index (χ1v) is 10.7. The zero-order chi connectivity index (χ0) is 22.8. The molecule has 3 aromatic rings. The lowest BCUT2D eigenvalue weighted by Crippen LogP contribution is -2.33. The smallest absolute Gasteiger partial charge is 0.278 e. The van der Waals surface area contributed by atoms with Crippen molar-refractivity contribution in [3.8, 4) is 11.5 Å². The lowest BCUT2D eigenvalue weighted by molar-refractivity contribution is -0.121. The Morgan fingerprint density at radius 3 is 2.79 bits per heavy atom. The maximum atomic E-state index is 13.0. The molecule has 0 spiro atoms. The van der Waals surface area contributed by atoms with E-state index in [9.17, 15) is 14.4 Å². The van der Waals surface area contributed by atoms with Gasteiger partial charge in [0, 0.05) is 31.3 Å². The molecule has 3 heterocycles. The van der Waals surface area contributed by atoms with E-state index in [0.717, 1.165) is 27.9 Å². The fourth-order valence-electron chi connectivity index (χ4n) is 3.96. The van der Waals surface area contributed by atoms with Crippen molar-refractivity contribution < 1.29 is 19.1 Å². The predicted molar refractivity (Wildman–Crippen MR) is 119 cm³/mol. The fraction of sp³-hybridized carbons (Fsp3) is 0.250. The molecule has 0 atom stereocenters. The van der Waals surface area contributed by atoms with Gasteiger partial charge in [-0.1, -0.05) is 24.3 Å². The van der Waals surface area contributed by atoms with Gasteiger partial charge >= 0.3 is 0 Å². The van der Waals surface area contributed by atoms with Crippen LogP contribution in [0, 0.1) is 0 Å². The average Bonchev–Trinajstić information content (AvgIpc) is 3.48. The highest BCUT2D eigenvalue weighted by atomic mass is 16.7. The number of carbonyl (C=O) groups excluding carboxylic acids is 2. The first kappa shape index (κ1) is 20.7. The molecule has 0 saturated heterocycles. The van der Waals surface area contributed by atoms with Gasteiger partial charge in [-0.2, -0.15) is 5.10 Å². The minimum absolute atomic E-state index is 0.0572. The third kappa shape index (κ3) is 4.30. The van der Waals surface area contributed by atoms with Gasteiger partial charge in [0.15, 0.2) is 11.5 Å². The van der Waals surface area contributed by atoms with E-state index in [1.54, 1.807) is 11.0 Å². The summed E-state index contributed by atoms with van der Waals surface area (Å²) in [6.45, 7) is 1.16. The van der Waals surface area contributed by atoms with Crippen molar-refractivity contribution in [2.75, 3.05) is 18.2 Å². The average molecular weight is 446 g/mol. The molecule has 9 nitrogen and oxygen atoms in total. The number of carbonyl (C=O) groups is 2. The molecule has 2 amide bonds. The third-order valence-corrected chi connectivity index (χ3v) is 5.70. The van der Waals surface area contributed by atoms with Crippen LogP contribution in [0.3, 0.4) is 0 Å². The number of rotatable bonds is 6. The molecule has 33 heavy (non-hydrogen) atoms. The summed E-state index contributed by atoms with van der Waals surface area (Å²) in [6, 6.07) is 16.0. The van der Waals surface area contributed by atoms with Crippen molar-refractivity contribution >= 4 is 17.5 Å². The summed E-state index contributed by atoms with van der Waals surface area (Å²) >= 11 is 0. The van der Waals surface area contributed by atoms with Gasteiger partial charge in [-0.05, 0) is 41.8 Å². The molecule has 1 N–H and O–H groups in total. The minimum Gasteiger partial charge on any atom is -0.454 e. The van der Waals surface area contributed by atoms with Gasteiger partial charge in [0.05, 0.1) is 6.54 Å². The molecular formula is C24H22N4O5. The molecule has 0 saturated carbocycles. The van der Waals surface area contributed by atoms with E-state index >= 15 is 0 Å². The molecule has 0 aliphatic carbocycles. The molecule has 0 unspecified atom stereocenters. The molecule has 0 fully saturated rings. The molecule has 0 radical (unpaired) electrons. The summed E-state index contributed by atoms with van der Waals surface area (Å²) in [6.07, 6.45) is 0.840. The van der Waals surface area contributed by atoms with Gasteiger partial charge in [0.25, 0.3) is 11.5 Å². The van der Waals surface area contributed by atoms with Gasteiger partial charge in [0.2, 0.25) is 12.7 Å². The highest BCUT2D eigenvalue weighted by Gasteiger charge is 2.26. The fourth-order valence-corrected chi connectivity index (χ4v) is 3.96. The molecule has 168 valence electrons. The molecule has 2 aromatic carbocycles. The Kier molecular flexibility index (Phi) is 5.52. The van der Waals surface area contributed by atoms with E-state index in [4.69, 9.17) is 9.47 Å². The highest BCUT2D eigenvalue weighted by Crippen LogP contribution is 2.32. The third-order valence-electron chi connectivity index (χ3n) is 5.70. The second-order valence-corrected chi connectivity index (χ2v) is 7.83. The zero-order valence-electron chi connectivity index (χ0n) is 17.8. The first-order chi connectivity index (χ1) is 16.1. The topological polar surface area (TPSA) is 103 Å². The van der Waals surface area contributed by atoms with Crippen LogP contribution in [0.1, 0.15) is 28.0 Å². The normalized spacial score (nSPS) is 13.6. The van der Waals surface area contributed by atoms with Crippen molar-refractivity contribution in [2.24, 2.45) is 0 Å². The van der Waals surface area contributed by atoms with E-state index in [1.165, 1.54) is 12.1 Å². The predicted octanol–water partition coefficient (Wildman–Crippen LogP) is 1.88. The van der Waals surface area contributed by atoms with Gasteiger partial charge in [0.1, 0.15) is 5.69 Å². The van der Waals surface area contributed by atoms with Crippen LogP contribution in [-0.4, -0.2) is 34.9 Å². The van der Waals surface area contributed by atoms with Crippen LogP contribution in [0.15, 0.2) is 59.4 Å². The second kappa shape index (κ2) is 8.78. The second-order valence-electron chi connectivity index (χ2n) is 7.83. The van der Waals surface area contributed by atoms with E-state index in [2.05, 4.69) is 10.4 Å². The Hall–Kier alpha value is -4.14. The summed E-state index contributed by atoms with van der Waals surface area (Å²) < 4.78 is 11.8. The Labute approximate surface area is 189 Å². The van der Waals surface area contributed by atoms with Gasteiger partial charge in [-0.25, -0.2) is 4.68 Å². The van der Waals surface area contributed by atoms with Crippen LogP contribution >= 0.6 is 0 Å². The molecule has 5 rings (SSSR count). The van der Waals surface area contributed by atoms with Crippen molar-refractivity contribution in [2.45, 2.75) is 25.9 Å². The number of hydrogen-bond donors (Lipinski definition) is 1. The largest absolute Gasteiger partial charge is 0.454 e. The summed E-state index contributed by atoms with van der Waals surface area (Å²) in [5, 5.41) is 7.04. The van der Waals surface area contributed by atoms with Gasteiger partial charge in [-0.15, -0.1) is 0 Å². The number of fused-ring (bicyclic) bond motifs is 2. The molecule has 2 aliphatic rings. The molecule has 9 heteroatoms. The minimum atomic E-state index is -0.364. The van der Waals surface area contributed by atoms with E-state index in [0.29, 0.717) is 24.6 Å². The van der Waals surface area contributed by atoms with E-state index < -0.39 is 0 Å². The number of aryl methyl sites for hydroxylation is 1. The summed E-state index contributed by atoms with van der Waals surface area (Å²) in [5.41, 5.74) is 2.66. The number of ether oxygens (including phenoxy) is 2. The zero-order valence-corrected chi connectivity index (χ0v) is 17.8. The number of benzene rings is 2. The quantitative estimate of drug-likeness (QED) is 0.620. The number of nitrogens with zero attached hydrogens (tertiary/aromatic N) is 3. The Bertz CT molecular complexity index is 1290. The molecule has 0 bridgehead atoms. The van der Waals surface area contributed by atoms with Crippen LogP contribution in [0.4, 0.5) is 5.69 Å². The van der Waals surface area contributed by atoms with Crippen molar-refractivity contribution in [1.82, 2.24) is 15.1 Å². The van der Waals surface area contributed by atoms with Crippen molar-refractivity contribution in [1.29, 1.82) is 0 Å². The maximum absolute atomic E-state index is 13.0. The van der Waals surface area contributed by atoms with Crippen molar-refractivity contribution in [3.05, 3.63) is 81.8 Å². The molecule has 2 aliphatic heterocycles. The number of hydrogen-bond acceptors (Lipinski definition) is 6. The summed E-state index contributed by atoms with van der Waals surface area (Å²) in [4.78, 5) is 39.2.